The monoisotopic (exact) mass is 474 g/mol. The summed E-state index contributed by atoms with van der Waals surface area (Å²) in [4.78, 5) is 38.6. The summed E-state index contributed by atoms with van der Waals surface area (Å²) in [6.07, 6.45) is 2.78. The summed E-state index contributed by atoms with van der Waals surface area (Å²) in [5.74, 6) is -1.50. The van der Waals surface area contributed by atoms with Crippen molar-refractivity contribution in [3.8, 4) is 11.1 Å². The number of likely N-dealkylation sites (tertiary alicyclic amines) is 1. The van der Waals surface area contributed by atoms with Crippen molar-refractivity contribution in [1.29, 1.82) is 0 Å². The van der Waals surface area contributed by atoms with Gasteiger partial charge in [0.25, 0.3) is 5.91 Å². The Bertz CT molecular complexity index is 1220. The van der Waals surface area contributed by atoms with Crippen LogP contribution in [0.2, 0.25) is 0 Å². The molecule has 180 valence electrons. The standard InChI is InChI=1S/C27H26N2O6/c30-24(31)15-17-7-5-6-13-29(17)26(32)25-23(12-14-34-25)28-27(33)35-16-22-20-10-3-1-8-18(20)19-9-2-4-11-21(19)22/h1-4,8-12,14,17,22H,5-7,13,15-16H2,(H,28,33)(H,30,31)/t17-/m1/s1. The van der Waals surface area contributed by atoms with Crippen LogP contribution in [0.4, 0.5) is 10.5 Å². The van der Waals surface area contributed by atoms with Crippen molar-refractivity contribution in [2.24, 2.45) is 0 Å². The van der Waals surface area contributed by atoms with E-state index in [9.17, 15) is 19.5 Å². The van der Waals surface area contributed by atoms with Gasteiger partial charge in [-0.05, 0) is 41.5 Å². The Morgan fingerprint density at radius 3 is 2.37 bits per heavy atom. The number of rotatable bonds is 6. The SMILES string of the molecule is O=C(O)C[C@H]1CCCCN1C(=O)c1occc1NC(=O)OCC1c2ccccc2-c2ccccc21. The molecule has 0 bridgehead atoms. The van der Waals surface area contributed by atoms with E-state index in [0.717, 1.165) is 35.1 Å². The molecule has 2 aliphatic rings. The number of fused-ring (bicyclic) bond motifs is 3. The van der Waals surface area contributed by atoms with Crippen molar-refractivity contribution in [2.75, 3.05) is 18.5 Å². The molecule has 0 unspecified atom stereocenters. The summed E-state index contributed by atoms with van der Waals surface area (Å²) in [6.45, 7) is 0.593. The van der Waals surface area contributed by atoms with E-state index < -0.39 is 24.0 Å². The van der Waals surface area contributed by atoms with Crippen LogP contribution in [0, 0.1) is 0 Å². The first-order valence-corrected chi connectivity index (χ1v) is 11.7. The van der Waals surface area contributed by atoms with Crippen LogP contribution in [0.15, 0.2) is 65.3 Å². The maximum absolute atomic E-state index is 13.1. The van der Waals surface area contributed by atoms with Gasteiger partial charge in [-0.2, -0.15) is 0 Å². The number of nitrogens with zero attached hydrogens (tertiary/aromatic N) is 1. The summed E-state index contributed by atoms with van der Waals surface area (Å²) >= 11 is 0. The van der Waals surface area contributed by atoms with Crippen LogP contribution >= 0.6 is 0 Å². The minimum Gasteiger partial charge on any atom is -0.481 e. The number of amides is 2. The normalized spacial score (nSPS) is 16.9. The topological polar surface area (TPSA) is 109 Å². The van der Waals surface area contributed by atoms with Crippen LogP contribution in [0.5, 0.6) is 0 Å². The van der Waals surface area contributed by atoms with E-state index in [-0.39, 0.29) is 30.4 Å². The molecule has 8 nitrogen and oxygen atoms in total. The smallest absolute Gasteiger partial charge is 0.411 e. The van der Waals surface area contributed by atoms with Crippen LogP contribution < -0.4 is 5.32 Å². The summed E-state index contributed by atoms with van der Waals surface area (Å²) in [6, 6.07) is 17.2. The first-order chi connectivity index (χ1) is 17.0. The van der Waals surface area contributed by atoms with Gasteiger partial charge in [0.1, 0.15) is 6.61 Å². The molecule has 1 aliphatic heterocycles. The quantitative estimate of drug-likeness (QED) is 0.514. The highest BCUT2D eigenvalue weighted by Crippen LogP contribution is 2.44. The van der Waals surface area contributed by atoms with Gasteiger partial charge in [0.05, 0.1) is 18.4 Å². The second kappa shape index (κ2) is 9.66. The molecule has 1 aliphatic carbocycles. The molecule has 0 saturated carbocycles. The Kier molecular flexibility index (Phi) is 6.27. The minimum atomic E-state index is -0.953. The van der Waals surface area contributed by atoms with Gasteiger partial charge in [-0.25, -0.2) is 4.79 Å². The number of carboxylic acids is 1. The first-order valence-electron chi connectivity index (χ1n) is 11.7. The fourth-order valence-corrected chi connectivity index (χ4v) is 5.13. The Balaban J connectivity index is 1.26. The minimum absolute atomic E-state index is 0.0317. The number of ether oxygens (including phenoxy) is 1. The van der Waals surface area contributed by atoms with Gasteiger partial charge < -0.3 is 19.2 Å². The van der Waals surface area contributed by atoms with Gasteiger partial charge in [0.2, 0.25) is 5.76 Å². The Morgan fingerprint density at radius 2 is 1.69 bits per heavy atom. The summed E-state index contributed by atoms with van der Waals surface area (Å²) in [5, 5.41) is 11.8. The largest absolute Gasteiger partial charge is 0.481 e. The number of furan rings is 1. The van der Waals surface area contributed by atoms with E-state index in [0.29, 0.717) is 13.0 Å². The molecule has 0 spiro atoms. The molecule has 1 saturated heterocycles. The maximum atomic E-state index is 13.1. The van der Waals surface area contributed by atoms with Crippen molar-refractivity contribution in [3.05, 3.63) is 77.7 Å². The van der Waals surface area contributed by atoms with E-state index in [1.807, 2.05) is 36.4 Å². The Labute approximate surface area is 202 Å². The van der Waals surface area contributed by atoms with Gasteiger partial charge in [-0.1, -0.05) is 48.5 Å². The van der Waals surface area contributed by atoms with Crippen LogP contribution in [-0.2, 0) is 9.53 Å². The lowest BCUT2D eigenvalue weighted by Gasteiger charge is -2.34. The molecule has 5 rings (SSSR count). The molecule has 1 fully saturated rings. The number of hydrogen-bond donors (Lipinski definition) is 2. The predicted molar refractivity (Wildman–Crippen MR) is 128 cm³/mol. The van der Waals surface area contributed by atoms with E-state index in [4.69, 9.17) is 9.15 Å². The number of carboxylic acid groups (broad SMARTS) is 1. The highest BCUT2D eigenvalue weighted by atomic mass is 16.5. The lowest BCUT2D eigenvalue weighted by molar-refractivity contribution is -0.138. The molecule has 2 aromatic carbocycles. The van der Waals surface area contributed by atoms with Crippen LogP contribution in [0.3, 0.4) is 0 Å². The van der Waals surface area contributed by atoms with Crippen LogP contribution in [0.1, 0.15) is 53.3 Å². The third-order valence-corrected chi connectivity index (χ3v) is 6.74. The number of hydrogen-bond acceptors (Lipinski definition) is 5. The van der Waals surface area contributed by atoms with E-state index in [1.165, 1.54) is 17.2 Å². The first kappa shape index (κ1) is 22.7. The number of carbonyl (C=O) groups excluding carboxylic acids is 2. The highest BCUT2D eigenvalue weighted by molar-refractivity contribution is 6.00. The van der Waals surface area contributed by atoms with Gasteiger partial charge in [0.15, 0.2) is 0 Å². The fraction of sp³-hybridized carbons (Fsp3) is 0.296. The molecule has 1 aromatic heterocycles. The molecule has 3 aromatic rings. The molecule has 2 N–H and O–H groups in total. The summed E-state index contributed by atoms with van der Waals surface area (Å²) < 4.78 is 11.0. The third-order valence-electron chi connectivity index (χ3n) is 6.74. The number of carbonyl (C=O) groups is 3. The van der Waals surface area contributed by atoms with Gasteiger partial charge in [-0.3, -0.25) is 14.9 Å². The maximum Gasteiger partial charge on any atom is 0.411 e. The molecular weight excluding hydrogens is 448 g/mol. The molecular formula is C27H26N2O6. The molecule has 2 heterocycles. The number of aliphatic carboxylic acids is 1. The van der Waals surface area contributed by atoms with E-state index in [1.54, 1.807) is 0 Å². The van der Waals surface area contributed by atoms with Crippen molar-refractivity contribution in [1.82, 2.24) is 4.90 Å². The van der Waals surface area contributed by atoms with Crippen molar-refractivity contribution < 1.29 is 28.6 Å². The van der Waals surface area contributed by atoms with Crippen LogP contribution in [0.25, 0.3) is 11.1 Å². The fourth-order valence-electron chi connectivity index (χ4n) is 5.13. The van der Waals surface area contributed by atoms with Crippen molar-refractivity contribution in [3.63, 3.8) is 0 Å². The number of nitrogens with one attached hydrogen (secondary N) is 1. The van der Waals surface area contributed by atoms with Gasteiger partial charge in [-0.15, -0.1) is 0 Å². The van der Waals surface area contributed by atoms with Crippen molar-refractivity contribution in [2.45, 2.75) is 37.6 Å². The molecule has 0 radical (unpaired) electrons. The van der Waals surface area contributed by atoms with E-state index >= 15 is 0 Å². The van der Waals surface area contributed by atoms with E-state index in [2.05, 4.69) is 17.4 Å². The lowest BCUT2D eigenvalue weighted by Crippen LogP contribution is -2.44. The molecule has 8 heteroatoms. The zero-order valence-electron chi connectivity index (χ0n) is 19.1. The number of benzene rings is 2. The molecule has 2 amide bonds. The summed E-state index contributed by atoms with van der Waals surface area (Å²) in [5.41, 5.74) is 4.69. The molecule has 1 atom stereocenters. The highest BCUT2D eigenvalue weighted by Gasteiger charge is 2.33. The summed E-state index contributed by atoms with van der Waals surface area (Å²) in [7, 11) is 0. The predicted octanol–water partition coefficient (Wildman–Crippen LogP) is 5.11. The Hall–Kier alpha value is -4.07. The van der Waals surface area contributed by atoms with Gasteiger partial charge in [0, 0.05) is 24.6 Å². The van der Waals surface area contributed by atoms with Crippen LogP contribution in [-0.4, -0.2) is 47.2 Å². The lowest BCUT2D eigenvalue weighted by atomic mass is 9.98. The van der Waals surface area contributed by atoms with Crippen molar-refractivity contribution >= 4 is 23.7 Å². The van der Waals surface area contributed by atoms with Gasteiger partial charge >= 0.3 is 12.1 Å². The third kappa shape index (κ3) is 4.51. The average Bonchev–Trinajstić information content (AvgIpc) is 3.45. The molecule has 35 heavy (non-hydrogen) atoms. The second-order valence-electron chi connectivity index (χ2n) is 8.86. The average molecular weight is 475 g/mol. The second-order valence-corrected chi connectivity index (χ2v) is 8.86. The zero-order valence-corrected chi connectivity index (χ0v) is 19.1. The Morgan fingerprint density at radius 1 is 1.00 bits per heavy atom. The number of piperidine rings is 1. The zero-order chi connectivity index (χ0) is 24.4. The number of anilines is 1.